The van der Waals surface area contributed by atoms with E-state index >= 15 is 0 Å². The van der Waals surface area contributed by atoms with Crippen LogP contribution in [0.4, 0.5) is 24.7 Å². The van der Waals surface area contributed by atoms with E-state index < -0.39 is 17.6 Å². The number of nitriles is 1. The summed E-state index contributed by atoms with van der Waals surface area (Å²) in [5.74, 6) is -0.869. The first-order chi connectivity index (χ1) is 15.8. The molecule has 1 aliphatic heterocycles. The van der Waals surface area contributed by atoms with Gasteiger partial charge in [0, 0.05) is 31.0 Å². The number of alkyl halides is 3. The number of hydrogen-bond donors (Lipinski definition) is 2. The normalized spacial score (nSPS) is 24.2. The van der Waals surface area contributed by atoms with Gasteiger partial charge in [0.1, 0.15) is 5.56 Å². The molecule has 2 aliphatic rings. The molecule has 1 saturated carbocycles. The van der Waals surface area contributed by atoms with Crippen LogP contribution in [-0.4, -0.2) is 52.9 Å². The maximum absolute atomic E-state index is 12.8. The van der Waals surface area contributed by atoms with Crippen molar-refractivity contribution in [2.75, 3.05) is 31.6 Å². The number of morpholine rings is 1. The molecule has 0 spiro atoms. The summed E-state index contributed by atoms with van der Waals surface area (Å²) in [7, 11) is 0. The van der Waals surface area contributed by atoms with Crippen LogP contribution in [0.5, 0.6) is 0 Å². The van der Waals surface area contributed by atoms with Crippen molar-refractivity contribution in [1.82, 2.24) is 14.7 Å². The van der Waals surface area contributed by atoms with Gasteiger partial charge in [0.2, 0.25) is 0 Å². The van der Waals surface area contributed by atoms with Gasteiger partial charge in [0.25, 0.3) is 5.91 Å². The summed E-state index contributed by atoms with van der Waals surface area (Å²) >= 11 is 0. The summed E-state index contributed by atoms with van der Waals surface area (Å²) in [6, 6.07) is 6.87. The largest absolute Gasteiger partial charge is 0.416 e. The lowest BCUT2D eigenvalue weighted by Gasteiger charge is -2.40. The van der Waals surface area contributed by atoms with Crippen molar-refractivity contribution in [1.29, 1.82) is 5.26 Å². The number of aromatic nitrogens is 2. The molecule has 3 N–H and O–H groups in total. The molecular formula is C22H25F3N6O2. The third kappa shape index (κ3) is 5.12. The number of nitrogens with two attached hydrogens (primary N) is 1. The Morgan fingerprint density at radius 2 is 1.91 bits per heavy atom. The van der Waals surface area contributed by atoms with Crippen molar-refractivity contribution in [3.8, 4) is 6.07 Å². The van der Waals surface area contributed by atoms with Gasteiger partial charge in [0.15, 0.2) is 5.82 Å². The highest BCUT2D eigenvalue weighted by Gasteiger charge is 2.36. The van der Waals surface area contributed by atoms with Crippen molar-refractivity contribution in [3.05, 3.63) is 41.6 Å². The SMILES string of the molecule is N#C[C@H]1C[C@@H](N2CCOCC2)CC[C@@H]1n1cc(C(N)=O)c(Nc2ccc(C(F)(F)F)cc2)n1. The van der Waals surface area contributed by atoms with E-state index in [1.807, 2.05) is 0 Å². The van der Waals surface area contributed by atoms with E-state index in [9.17, 15) is 23.2 Å². The van der Waals surface area contributed by atoms with Gasteiger partial charge in [-0.3, -0.25) is 14.4 Å². The summed E-state index contributed by atoms with van der Waals surface area (Å²) in [4.78, 5) is 14.4. The molecule has 1 aromatic carbocycles. The standard InChI is InChI=1S/C22H25F3N6O2/c23-22(24,25)15-1-3-16(4-2-15)28-21-18(20(27)32)13-31(29-21)19-6-5-17(11-14(19)12-26)30-7-9-33-10-8-30/h1-4,13-14,17,19H,5-11H2,(H2,27,32)(H,28,29)/t14-,17+,19+/m1/s1. The summed E-state index contributed by atoms with van der Waals surface area (Å²) in [6.45, 7) is 3.08. The highest BCUT2D eigenvalue weighted by molar-refractivity contribution is 5.98. The molecule has 1 aliphatic carbocycles. The molecule has 1 amide bonds. The minimum absolute atomic E-state index is 0.113. The van der Waals surface area contributed by atoms with Crippen molar-refractivity contribution in [2.45, 2.75) is 37.5 Å². The number of benzene rings is 1. The molecule has 2 aromatic rings. The Hall–Kier alpha value is -3.10. The van der Waals surface area contributed by atoms with Gasteiger partial charge in [-0.1, -0.05) is 0 Å². The summed E-state index contributed by atoms with van der Waals surface area (Å²) in [6.07, 6.45) is -0.644. The smallest absolute Gasteiger partial charge is 0.379 e. The number of carbonyl (C=O) groups excluding carboxylic acids is 1. The lowest BCUT2D eigenvalue weighted by atomic mass is 9.81. The second-order valence-corrected chi connectivity index (χ2v) is 8.35. The van der Waals surface area contributed by atoms with Gasteiger partial charge >= 0.3 is 6.18 Å². The van der Waals surface area contributed by atoms with E-state index in [1.165, 1.54) is 18.3 Å². The van der Waals surface area contributed by atoms with Gasteiger partial charge in [-0.15, -0.1) is 0 Å². The Labute approximate surface area is 189 Å². The molecule has 176 valence electrons. The van der Waals surface area contributed by atoms with Crippen molar-refractivity contribution in [3.63, 3.8) is 0 Å². The van der Waals surface area contributed by atoms with E-state index in [4.69, 9.17) is 10.5 Å². The van der Waals surface area contributed by atoms with Gasteiger partial charge < -0.3 is 15.8 Å². The number of amides is 1. The van der Waals surface area contributed by atoms with Crippen molar-refractivity contribution < 1.29 is 22.7 Å². The highest BCUT2D eigenvalue weighted by Crippen LogP contribution is 2.37. The van der Waals surface area contributed by atoms with Gasteiger partial charge in [-0.05, 0) is 43.5 Å². The molecule has 0 bridgehead atoms. The third-order valence-corrected chi connectivity index (χ3v) is 6.33. The number of anilines is 2. The predicted molar refractivity (Wildman–Crippen MR) is 114 cm³/mol. The molecule has 1 saturated heterocycles. The summed E-state index contributed by atoms with van der Waals surface area (Å²) in [5.41, 5.74) is 5.19. The molecule has 3 atom stereocenters. The lowest BCUT2D eigenvalue weighted by molar-refractivity contribution is -0.137. The maximum atomic E-state index is 12.8. The van der Waals surface area contributed by atoms with Crippen LogP contribution in [-0.2, 0) is 10.9 Å². The second-order valence-electron chi connectivity index (χ2n) is 8.35. The Bertz CT molecular complexity index is 1020. The molecule has 33 heavy (non-hydrogen) atoms. The Morgan fingerprint density at radius 3 is 2.52 bits per heavy atom. The lowest BCUT2D eigenvalue weighted by Crippen LogP contribution is -2.46. The summed E-state index contributed by atoms with van der Waals surface area (Å²) < 4.78 is 45.4. The zero-order valence-corrected chi connectivity index (χ0v) is 17.9. The van der Waals surface area contributed by atoms with Crippen LogP contribution in [0.25, 0.3) is 0 Å². The highest BCUT2D eigenvalue weighted by atomic mass is 19.4. The Morgan fingerprint density at radius 1 is 1.21 bits per heavy atom. The Balaban J connectivity index is 1.52. The van der Waals surface area contributed by atoms with Crippen LogP contribution >= 0.6 is 0 Å². The number of rotatable bonds is 5. The average molecular weight is 462 g/mol. The minimum atomic E-state index is -4.44. The molecule has 4 rings (SSSR count). The van der Waals surface area contributed by atoms with Crippen LogP contribution in [0.2, 0.25) is 0 Å². The topological polar surface area (TPSA) is 109 Å². The fraction of sp³-hybridized carbons (Fsp3) is 0.500. The van der Waals surface area contributed by atoms with E-state index in [-0.39, 0.29) is 23.3 Å². The summed E-state index contributed by atoms with van der Waals surface area (Å²) in [5, 5.41) is 17.2. The van der Waals surface area contributed by atoms with Crippen LogP contribution in [0.3, 0.4) is 0 Å². The van der Waals surface area contributed by atoms with Crippen LogP contribution in [0.15, 0.2) is 30.5 Å². The number of nitrogens with zero attached hydrogens (tertiary/aromatic N) is 4. The van der Waals surface area contributed by atoms with Crippen molar-refractivity contribution >= 4 is 17.4 Å². The molecule has 11 heteroatoms. The van der Waals surface area contributed by atoms with E-state index in [0.29, 0.717) is 37.8 Å². The number of hydrogen-bond acceptors (Lipinski definition) is 6. The monoisotopic (exact) mass is 462 g/mol. The van der Waals surface area contributed by atoms with Crippen LogP contribution in [0, 0.1) is 17.2 Å². The first kappa shape index (κ1) is 23.1. The first-order valence-corrected chi connectivity index (χ1v) is 10.8. The van der Waals surface area contributed by atoms with Gasteiger partial charge in [-0.25, -0.2) is 0 Å². The van der Waals surface area contributed by atoms with Gasteiger partial charge in [-0.2, -0.15) is 23.5 Å². The number of halogens is 3. The number of nitrogens with one attached hydrogen (secondary N) is 1. The second kappa shape index (κ2) is 9.41. The van der Waals surface area contributed by atoms with E-state index in [1.54, 1.807) is 4.68 Å². The number of ether oxygens (including phenoxy) is 1. The molecule has 2 heterocycles. The molecule has 8 nitrogen and oxygen atoms in total. The molecular weight excluding hydrogens is 437 g/mol. The Kier molecular flexibility index (Phi) is 6.58. The average Bonchev–Trinajstić information content (AvgIpc) is 3.23. The molecule has 0 radical (unpaired) electrons. The van der Waals surface area contributed by atoms with E-state index in [0.717, 1.165) is 31.6 Å². The number of primary amides is 1. The first-order valence-electron chi connectivity index (χ1n) is 10.8. The van der Waals surface area contributed by atoms with Gasteiger partial charge in [0.05, 0.1) is 36.8 Å². The molecule has 2 fully saturated rings. The maximum Gasteiger partial charge on any atom is 0.416 e. The molecule has 1 aromatic heterocycles. The zero-order valence-electron chi connectivity index (χ0n) is 17.9. The van der Waals surface area contributed by atoms with E-state index in [2.05, 4.69) is 21.4 Å². The fourth-order valence-electron chi connectivity index (χ4n) is 4.58. The number of carbonyl (C=O) groups is 1. The molecule has 0 unspecified atom stereocenters. The fourth-order valence-corrected chi connectivity index (χ4v) is 4.58. The van der Waals surface area contributed by atoms with Crippen LogP contribution in [0.1, 0.15) is 41.2 Å². The predicted octanol–water partition coefficient (Wildman–Crippen LogP) is 3.31. The van der Waals surface area contributed by atoms with Crippen molar-refractivity contribution in [2.24, 2.45) is 11.7 Å². The zero-order chi connectivity index (χ0) is 23.6. The minimum Gasteiger partial charge on any atom is -0.379 e. The quantitative estimate of drug-likeness (QED) is 0.706. The van der Waals surface area contributed by atoms with Crippen LogP contribution < -0.4 is 11.1 Å². The third-order valence-electron chi connectivity index (χ3n) is 6.33.